The molecule has 0 aromatic heterocycles. The van der Waals surface area contributed by atoms with Crippen LogP contribution in [0.15, 0.2) is 18.2 Å². The second-order valence-corrected chi connectivity index (χ2v) is 3.64. The van der Waals surface area contributed by atoms with Gasteiger partial charge in [-0.05, 0) is 25.1 Å². The van der Waals surface area contributed by atoms with E-state index in [0.717, 1.165) is 0 Å². The van der Waals surface area contributed by atoms with Crippen LogP contribution < -0.4 is 5.32 Å². The zero-order valence-corrected chi connectivity index (χ0v) is 9.34. The topological polar surface area (TPSA) is 70.0 Å². The maximum atomic E-state index is 11.3. The third-order valence-electron chi connectivity index (χ3n) is 1.78. The Hall–Kier alpha value is -1.86. The molecular formula is C11H9ClN2O2. The number of carbonyl (C=O) groups excluding carboxylic acids is 2. The van der Waals surface area contributed by atoms with E-state index in [1.54, 1.807) is 6.07 Å². The first-order valence-corrected chi connectivity index (χ1v) is 4.89. The molecule has 16 heavy (non-hydrogen) atoms. The molecule has 1 rings (SSSR count). The number of anilines is 1. The molecule has 1 amide bonds. The van der Waals surface area contributed by atoms with Crippen LogP contribution in [0, 0.1) is 11.3 Å². The van der Waals surface area contributed by atoms with Crippen molar-refractivity contribution in [2.24, 2.45) is 0 Å². The van der Waals surface area contributed by atoms with Crippen LogP contribution in [0.5, 0.6) is 0 Å². The highest BCUT2D eigenvalue weighted by molar-refractivity contribution is 6.33. The highest BCUT2D eigenvalue weighted by Crippen LogP contribution is 2.22. The van der Waals surface area contributed by atoms with Crippen LogP contribution in [-0.2, 0) is 9.59 Å². The number of hydrogen-bond acceptors (Lipinski definition) is 3. The number of rotatable bonds is 3. The quantitative estimate of drug-likeness (QED) is 0.818. The van der Waals surface area contributed by atoms with Crippen molar-refractivity contribution < 1.29 is 9.59 Å². The molecule has 5 heteroatoms. The maximum absolute atomic E-state index is 11.3. The van der Waals surface area contributed by atoms with Crippen molar-refractivity contribution in [3.05, 3.63) is 28.8 Å². The number of amides is 1. The van der Waals surface area contributed by atoms with Gasteiger partial charge < -0.3 is 5.32 Å². The Bertz CT molecular complexity index is 477. The highest BCUT2D eigenvalue weighted by Gasteiger charge is 2.08. The first-order chi connectivity index (χ1) is 7.52. The van der Waals surface area contributed by atoms with E-state index < -0.39 is 5.91 Å². The molecule has 0 spiro atoms. The first kappa shape index (κ1) is 12.2. The third kappa shape index (κ3) is 3.37. The molecule has 0 radical (unpaired) electrons. The molecule has 0 aliphatic rings. The summed E-state index contributed by atoms with van der Waals surface area (Å²) < 4.78 is 0. The van der Waals surface area contributed by atoms with Gasteiger partial charge in [-0.15, -0.1) is 0 Å². The van der Waals surface area contributed by atoms with Gasteiger partial charge in [-0.25, -0.2) is 0 Å². The van der Waals surface area contributed by atoms with Gasteiger partial charge in [0.05, 0.1) is 28.8 Å². The summed E-state index contributed by atoms with van der Waals surface area (Å²) in [7, 11) is 0. The van der Waals surface area contributed by atoms with Crippen LogP contribution in [0.2, 0.25) is 5.02 Å². The van der Waals surface area contributed by atoms with E-state index in [2.05, 4.69) is 5.32 Å². The first-order valence-electron chi connectivity index (χ1n) is 4.52. The maximum Gasteiger partial charge on any atom is 0.231 e. The van der Waals surface area contributed by atoms with Crippen LogP contribution >= 0.6 is 11.6 Å². The van der Waals surface area contributed by atoms with Gasteiger partial charge in [-0.3, -0.25) is 9.59 Å². The van der Waals surface area contributed by atoms with E-state index in [1.807, 2.05) is 6.07 Å². The number of nitrogens with zero attached hydrogens (tertiary/aromatic N) is 1. The minimum atomic E-state index is -0.440. The lowest BCUT2D eigenvalue weighted by Crippen LogP contribution is -2.15. The largest absolute Gasteiger partial charge is 0.324 e. The Morgan fingerprint density at radius 1 is 1.50 bits per heavy atom. The molecule has 4 nitrogen and oxygen atoms in total. The molecule has 0 saturated heterocycles. The van der Waals surface area contributed by atoms with Crippen molar-refractivity contribution in [2.75, 3.05) is 5.32 Å². The number of Topliss-reactive ketones (excluding diaryl/α,β-unsaturated/α-hetero) is 1. The van der Waals surface area contributed by atoms with Gasteiger partial charge in [-0.2, -0.15) is 5.26 Å². The zero-order chi connectivity index (χ0) is 12.1. The normalized spacial score (nSPS) is 9.31. The summed E-state index contributed by atoms with van der Waals surface area (Å²) in [4.78, 5) is 22.0. The van der Waals surface area contributed by atoms with Crippen LogP contribution in [-0.4, -0.2) is 11.7 Å². The summed E-state index contributed by atoms with van der Waals surface area (Å²) in [6, 6.07) is 6.45. The lowest BCUT2D eigenvalue weighted by atomic mass is 10.2. The van der Waals surface area contributed by atoms with E-state index in [9.17, 15) is 9.59 Å². The van der Waals surface area contributed by atoms with Crippen molar-refractivity contribution in [2.45, 2.75) is 13.3 Å². The fraction of sp³-hybridized carbons (Fsp3) is 0.182. The summed E-state index contributed by atoms with van der Waals surface area (Å²) >= 11 is 5.82. The second kappa shape index (κ2) is 5.29. The SMILES string of the molecule is CC(=O)CC(=O)Nc1cc(C#N)ccc1Cl. The minimum Gasteiger partial charge on any atom is -0.324 e. The minimum absolute atomic E-state index is 0.201. The number of nitrogens with one attached hydrogen (secondary N) is 1. The lowest BCUT2D eigenvalue weighted by Gasteiger charge is -2.06. The predicted octanol–water partition coefficient (Wildman–Crippen LogP) is 2.13. The van der Waals surface area contributed by atoms with Crippen LogP contribution in [0.4, 0.5) is 5.69 Å². The van der Waals surface area contributed by atoms with E-state index >= 15 is 0 Å². The van der Waals surface area contributed by atoms with E-state index in [1.165, 1.54) is 19.1 Å². The second-order valence-electron chi connectivity index (χ2n) is 3.23. The Kier molecular flexibility index (Phi) is 4.03. The summed E-state index contributed by atoms with van der Waals surface area (Å²) in [5.74, 6) is -0.672. The van der Waals surface area contributed by atoms with Crippen molar-refractivity contribution in [1.82, 2.24) is 0 Å². The van der Waals surface area contributed by atoms with Crippen LogP contribution in [0.1, 0.15) is 18.9 Å². The summed E-state index contributed by atoms with van der Waals surface area (Å²) in [6.45, 7) is 1.33. The molecule has 1 aromatic carbocycles. The molecule has 0 aliphatic carbocycles. The number of hydrogen-bond donors (Lipinski definition) is 1. The fourth-order valence-corrected chi connectivity index (χ4v) is 1.28. The van der Waals surface area contributed by atoms with Crippen LogP contribution in [0.3, 0.4) is 0 Å². The zero-order valence-electron chi connectivity index (χ0n) is 8.58. The summed E-state index contributed by atoms with van der Waals surface area (Å²) in [6.07, 6.45) is -0.201. The van der Waals surface area contributed by atoms with E-state index in [4.69, 9.17) is 16.9 Å². The highest BCUT2D eigenvalue weighted by atomic mass is 35.5. The van der Waals surface area contributed by atoms with Gasteiger partial charge in [0.25, 0.3) is 0 Å². The molecule has 0 heterocycles. The Balaban J connectivity index is 2.84. The number of carbonyl (C=O) groups is 2. The Morgan fingerprint density at radius 3 is 2.75 bits per heavy atom. The molecular weight excluding hydrogens is 228 g/mol. The number of ketones is 1. The van der Waals surface area contributed by atoms with E-state index in [0.29, 0.717) is 16.3 Å². The van der Waals surface area contributed by atoms with Crippen molar-refractivity contribution >= 4 is 29.0 Å². The van der Waals surface area contributed by atoms with Gasteiger partial charge >= 0.3 is 0 Å². The van der Waals surface area contributed by atoms with Gasteiger partial charge in [0, 0.05) is 0 Å². The lowest BCUT2D eigenvalue weighted by molar-refractivity contribution is -0.124. The van der Waals surface area contributed by atoms with Crippen molar-refractivity contribution in [3.63, 3.8) is 0 Å². The Morgan fingerprint density at radius 2 is 2.19 bits per heavy atom. The average molecular weight is 237 g/mol. The van der Waals surface area contributed by atoms with Crippen molar-refractivity contribution in [3.8, 4) is 6.07 Å². The van der Waals surface area contributed by atoms with Crippen molar-refractivity contribution in [1.29, 1.82) is 5.26 Å². The smallest absolute Gasteiger partial charge is 0.231 e. The number of halogens is 1. The molecule has 0 atom stereocenters. The van der Waals surface area contributed by atoms with Gasteiger partial charge in [-0.1, -0.05) is 11.6 Å². The molecule has 1 aromatic rings. The number of benzene rings is 1. The van der Waals surface area contributed by atoms with Crippen LogP contribution in [0.25, 0.3) is 0 Å². The monoisotopic (exact) mass is 236 g/mol. The molecule has 82 valence electrons. The Labute approximate surface area is 97.8 Å². The van der Waals surface area contributed by atoms with Gasteiger partial charge in [0.1, 0.15) is 5.78 Å². The molecule has 0 bridgehead atoms. The van der Waals surface area contributed by atoms with Gasteiger partial charge in [0.15, 0.2) is 0 Å². The van der Waals surface area contributed by atoms with Gasteiger partial charge in [0.2, 0.25) is 5.91 Å². The predicted molar refractivity (Wildman–Crippen MR) is 60.1 cm³/mol. The average Bonchev–Trinajstić information content (AvgIpc) is 2.20. The third-order valence-corrected chi connectivity index (χ3v) is 2.11. The molecule has 1 N–H and O–H groups in total. The summed E-state index contributed by atoms with van der Waals surface area (Å²) in [5, 5.41) is 11.5. The summed E-state index contributed by atoms with van der Waals surface area (Å²) in [5.41, 5.74) is 0.731. The molecule has 0 fully saturated rings. The molecule has 0 saturated carbocycles. The molecule has 0 aliphatic heterocycles. The van der Waals surface area contributed by atoms with E-state index in [-0.39, 0.29) is 12.2 Å². The standard InChI is InChI=1S/C11H9ClN2O2/c1-7(15)4-11(16)14-10-5-8(6-13)2-3-9(10)12/h2-3,5H,4H2,1H3,(H,14,16). The number of nitriles is 1. The fourth-order valence-electron chi connectivity index (χ4n) is 1.11. The molecule has 0 unspecified atom stereocenters.